The second kappa shape index (κ2) is 8.45. The van der Waals surface area contributed by atoms with Gasteiger partial charge < -0.3 is 10.2 Å². The predicted octanol–water partition coefficient (Wildman–Crippen LogP) is 2.29. The highest BCUT2D eigenvalue weighted by atomic mass is 16.2. The normalized spacial score (nSPS) is 23.5. The number of hydrogen-bond donors (Lipinski definition) is 3. The van der Waals surface area contributed by atoms with E-state index in [0.717, 1.165) is 45.2 Å². The van der Waals surface area contributed by atoms with Crippen molar-refractivity contribution in [2.45, 2.75) is 57.5 Å². The van der Waals surface area contributed by atoms with Crippen LogP contribution in [0.5, 0.6) is 0 Å². The largest absolute Gasteiger partial charge is 0.339 e. The molecule has 0 spiro atoms. The van der Waals surface area contributed by atoms with Crippen molar-refractivity contribution in [1.82, 2.24) is 15.8 Å². The Labute approximate surface area is 149 Å². The molecule has 25 heavy (non-hydrogen) atoms. The van der Waals surface area contributed by atoms with Crippen LogP contribution in [-0.2, 0) is 4.79 Å². The van der Waals surface area contributed by atoms with Gasteiger partial charge in [0.1, 0.15) is 6.04 Å². The molecule has 0 aromatic heterocycles. The molecule has 3 N–H and O–H groups in total. The molecule has 0 radical (unpaired) electrons. The van der Waals surface area contributed by atoms with Crippen molar-refractivity contribution < 1.29 is 9.59 Å². The van der Waals surface area contributed by atoms with E-state index in [1.165, 1.54) is 6.42 Å². The second-order valence-corrected chi connectivity index (χ2v) is 6.95. The third-order valence-electron chi connectivity index (χ3n) is 4.99. The minimum Gasteiger partial charge on any atom is -0.339 e. The third kappa shape index (κ3) is 4.38. The van der Waals surface area contributed by atoms with E-state index in [1.807, 2.05) is 17.0 Å². The summed E-state index contributed by atoms with van der Waals surface area (Å²) in [5, 5.41) is 2.95. The van der Waals surface area contributed by atoms with Crippen LogP contribution in [-0.4, -0.2) is 41.9 Å². The topological polar surface area (TPSA) is 73.5 Å². The molecule has 0 saturated carbocycles. The Kier molecular flexibility index (Phi) is 6.04. The SMILES string of the molecule is CCCC1CC(C(=O)Nc2ccccc2C(=O)N2CCCCC2)NN1. The first kappa shape index (κ1) is 17.9. The van der Waals surface area contributed by atoms with Gasteiger partial charge in [-0.1, -0.05) is 25.5 Å². The molecule has 1 aromatic rings. The number of rotatable bonds is 5. The summed E-state index contributed by atoms with van der Waals surface area (Å²) in [4.78, 5) is 27.3. The van der Waals surface area contributed by atoms with Crippen LogP contribution in [0.15, 0.2) is 24.3 Å². The highest BCUT2D eigenvalue weighted by Gasteiger charge is 2.29. The Morgan fingerprint density at radius 2 is 1.92 bits per heavy atom. The molecule has 2 saturated heterocycles. The number of anilines is 1. The van der Waals surface area contributed by atoms with Gasteiger partial charge in [0.15, 0.2) is 0 Å². The standard InChI is InChI=1S/C19H28N4O2/c1-2-8-14-13-17(22-21-14)18(24)20-16-10-5-4-9-15(16)19(25)23-11-6-3-7-12-23/h4-5,9-10,14,17,21-22H,2-3,6-8,11-13H2,1H3,(H,20,24). The Balaban J connectivity index is 1.66. The minimum absolute atomic E-state index is 0.0111. The highest BCUT2D eigenvalue weighted by molar-refractivity contribution is 6.04. The maximum absolute atomic E-state index is 12.8. The zero-order valence-electron chi connectivity index (χ0n) is 14.9. The Hall–Kier alpha value is -1.92. The van der Waals surface area contributed by atoms with Gasteiger partial charge in [-0.05, 0) is 44.2 Å². The van der Waals surface area contributed by atoms with E-state index in [-0.39, 0.29) is 17.9 Å². The Morgan fingerprint density at radius 3 is 2.68 bits per heavy atom. The summed E-state index contributed by atoms with van der Waals surface area (Å²) < 4.78 is 0. The zero-order chi connectivity index (χ0) is 17.6. The van der Waals surface area contributed by atoms with Gasteiger partial charge in [-0.3, -0.25) is 15.0 Å². The van der Waals surface area contributed by atoms with Crippen LogP contribution < -0.4 is 16.2 Å². The van der Waals surface area contributed by atoms with E-state index in [9.17, 15) is 9.59 Å². The number of nitrogens with zero attached hydrogens (tertiary/aromatic N) is 1. The molecule has 2 amide bonds. The molecule has 2 heterocycles. The van der Waals surface area contributed by atoms with Crippen molar-refractivity contribution in [1.29, 1.82) is 0 Å². The quantitative estimate of drug-likeness (QED) is 0.766. The van der Waals surface area contributed by atoms with E-state index in [2.05, 4.69) is 23.1 Å². The smallest absolute Gasteiger partial charge is 0.255 e. The van der Waals surface area contributed by atoms with E-state index < -0.39 is 0 Å². The van der Waals surface area contributed by atoms with Crippen molar-refractivity contribution in [3.05, 3.63) is 29.8 Å². The predicted molar refractivity (Wildman–Crippen MR) is 98.2 cm³/mol. The van der Waals surface area contributed by atoms with Crippen LogP contribution in [0.25, 0.3) is 0 Å². The number of carbonyl (C=O) groups is 2. The van der Waals surface area contributed by atoms with E-state index >= 15 is 0 Å². The van der Waals surface area contributed by atoms with Gasteiger partial charge in [0, 0.05) is 19.1 Å². The molecule has 2 fully saturated rings. The highest BCUT2D eigenvalue weighted by Crippen LogP contribution is 2.21. The van der Waals surface area contributed by atoms with Gasteiger partial charge >= 0.3 is 0 Å². The summed E-state index contributed by atoms with van der Waals surface area (Å²) in [6, 6.07) is 7.36. The van der Waals surface area contributed by atoms with Crippen molar-refractivity contribution >= 4 is 17.5 Å². The molecule has 2 atom stereocenters. The second-order valence-electron chi connectivity index (χ2n) is 6.95. The molecule has 6 nitrogen and oxygen atoms in total. The van der Waals surface area contributed by atoms with Crippen molar-refractivity contribution in [2.75, 3.05) is 18.4 Å². The third-order valence-corrected chi connectivity index (χ3v) is 4.99. The lowest BCUT2D eigenvalue weighted by Gasteiger charge is -2.27. The number of benzene rings is 1. The lowest BCUT2D eigenvalue weighted by molar-refractivity contribution is -0.117. The molecule has 1 aromatic carbocycles. The first-order chi connectivity index (χ1) is 12.2. The number of nitrogens with one attached hydrogen (secondary N) is 3. The number of likely N-dealkylation sites (tertiary alicyclic amines) is 1. The van der Waals surface area contributed by atoms with Gasteiger partial charge in [0.05, 0.1) is 11.3 Å². The van der Waals surface area contributed by atoms with Crippen LogP contribution in [0.3, 0.4) is 0 Å². The number of para-hydroxylation sites is 1. The number of carbonyl (C=O) groups excluding carboxylic acids is 2. The number of hydrazine groups is 1. The van der Waals surface area contributed by atoms with Gasteiger partial charge in [-0.2, -0.15) is 0 Å². The minimum atomic E-state index is -0.269. The molecule has 2 unspecified atom stereocenters. The zero-order valence-corrected chi connectivity index (χ0v) is 14.9. The van der Waals surface area contributed by atoms with E-state index in [0.29, 0.717) is 17.3 Å². The number of piperidine rings is 1. The van der Waals surface area contributed by atoms with Crippen LogP contribution in [0.1, 0.15) is 55.8 Å². The molecule has 2 aliphatic rings. The van der Waals surface area contributed by atoms with E-state index in [4.69, 9.17) is 0 Å². The molecular formula is C19H28N4O2. The summed E-state index contributed by atoms with van der Waals surface area (Å²) in [5.74, 6) is -0.0815. The average Bonchev–Trinajstić information content (AvgIpc) is 3.11. The average molecular weight is 344 g/mol. The summed E-state index contributed by atoms with van der Waals surface area (Å²) in [6.45, 7) is 3.74. The fourth-order valence-electron chi connectivity index (χ4n) is 3.60. The van der Waals surface area contributed by atoms with E-state index in [1.54, 1.807) is 12.1 Å². The molecule has 0 bridgehead atoms. The van der Waals surface area contributed by atoms with Crippen molar-refractivity contribution in [3.8, 4) is 0 Å². The monoisotopic (exact) mass is 344 g/mol. The maximum Gasteiger partial charge on any atom is 0.255 e. The van der Waals surface area contributed by atoms with Crippen molar-refractivity contribution in [2.24, 2.45) is 0 Å². The fourth-order valence-corrected chi connectivity index (χ4v) is 3.60. The number of amides is 2. The lowest BCUT2D eigenvalue weighted by atomic mass is 10.0. The molecule has 3 rings (SSSR count). The van der Waals surface area contributed by atoms with Crippen molar-refractivity contribution in [3.63, 3.8) is 0 Å². The summed E-state index contributed by atoms with van der Waals surface area (Å²) in [7, 11) is 0. The molecular weight excluding hydrogens is 316 g/mol. The van der Waals surface area contributed by atoms with Gasteiger partial charge in [-0.15, -0.1) is 0 Å². The number of hydrogen-bond acceptors (Lipinski definition) is 4. The lowest BCUT2D eigenvalue weighted by Crippen LogP contribution is -2.40. The van der Waals surface area contributed by atoms with Crippen LogP contribution >= 0.6 is 0 Å². The van der Waals surface area contributed by atoms with Crippen LogP contribution in [0.4, 0.5) is 5.69 Å². The summed E-state index contributed by atoms with van der Waals surface area (Å²) in [5.41, 5.74) is 7.42. The molecule has 2 aliphatic heterocycles. The first-order valence-corrected chi connectivity index (χ1v) is 9.39. The Morgan fingerprint density at radius 1 is 1.16 bits per heavy atom. The first-order valence-electron chi connectivity index (χ1n) is 9.39. The van der Waals surface area contributed by atoms with Gasteiger partial charge in [0.2, 0.25) is 5.91 Å². The fraction of sp³-hybridized carbons (Fsp3) is 0.579. The van der Waals surface area contributed by atoms with Crippen LogP contribution in [0.2, 0.25) is 0 Å². The van der Waals surface area contributed by atoms with Crippen LogP contribution in [0, 0.1) is 0 Å². The summed E-state index contributed by atoms with van der Waals surface area (Å²) in [6.07, 6.45) is 6.18. The molecule has 0 aliphatic carbocycles. The molecule has 6 heteroatoms. The summed E-state index contributed by atoms with van der Waals surface area (Å²) >= 11 is 0. The molecule has 136 valence electrons. The van der Waals surface area contributed by atoms with Gasteiger partial charge in [0.25, 0.3) is 5.91 Å². The van der Waals surface area contributed by atoms with Gasteiger partial charge in [-0.25, -0.2) is 5.43 Å². The Bertz CT molecular complexity index is 613. The maximum atomic E-state index is 12.8.